The Morgan fingerprint density at radius 1 is 1.14 bits per heavy atom. The number of nitrogens with one attached hydrogen (secondary N) is 3. The molecule has 2 aromatic rings. The number of H-pyrrole nitrogens is 1. The maximum Gasteiger partial charge on any atom is 0.326 e. The molecule has 1 fully saturated rings. The molecule has 1 aliphatic heterocycles. The summed E-state index contributed by atoms with van der Waals surface area (Å²) in [4.78, 5) is 59.6. The van der Waals surface area contributed by atoms with Crippen molar-refractivity contribution in [1.29, 1.82) is 0 Å². The van der Waals surface area contributed by atoms with Crippen LogP contribution in [0.3, 0.4) is 0 Å². The Morgan fingerprint density at radius 3 is 2.49 bits per heavy atom. The summed E-state index contributed by atoms with van der Waals surface area (Å²) >= 11 is 0. The molecule has 0 radical (unpaired) electrons. The summed E-state index contributed by atoms with van der Waals surface area (Å²) < 4.78 is 0. The molecule has 1 saturated heterocycles. The number of nitrogens with zero attached hydrogens (tertiary/aromatic N) is 2. The molecule has 1 aromatic heterocycles. The Balaban J connectivity index is 1.74. The van der Waals surface area contributed by atoms with Crippen molar-refractivity contribution in [3.8, 4) is 0 Å². The van der Waals surface area contributed by atoms with E-state index in [-0.39, 0.29) is 18.8 Å². The van der Waals surface area contributed by atoms with Gasteiger partial charge in [-0.2, -0.15) is 0 Å². The van der Waals surface area contributed by atoms with Gasteiger partial charge in [-0.1, -0.05) is 44.2 Å². The van der Waals surface area contributed by atoms with Gasteiger partial charge in [0.05, 0.1) is 12.4 Å². The number of imidazole rings is 1. The maximum atomic E-state index is 13.7. The molecule has 11 nitrogen and oxygen atoms in total. The van der Waals surface area contributed by atoms with Crippen molar-refractivity contribution < 1.29 is 24.3 Å². The van der Waals surface area contributed by atoms with Gasteiger partial charge in [0.1, 0.15) is 18.1 Å². The highest BCUT2D eigenvalue weighted by molar-refractivity contribution is 5.94. The van der Waals surface area contributed by atoms with E-state index in [9.17, 15) is 24.3 Å². The van der Waals surface area contributed by atoms with E-state index in [0.717, 1.165) is 5.56 Å². The van der Waals surface area contributed by atoms with Crippen LogP contribution in [0.5, 0.6) is 0 Å². The van der Waals surface area contributed by atoms with Crippen molar-refractivity contribution in [1.82, 2.24) is 25.5 Å². The third-order valence-electron chi connectivity index (χ3n) is 6.39. The van der Waals surface area contributed by atoms with Gasteiger partial charge < -0.3 is 31.4 Å². The number of nitrogens with two attached hydrogens (primary N) is 1. The molecule has 6 N–H and O–H groups in total. The number of carbonyl (C=O) groups is 4. The summed E-state index contributed by atoms with van der Waals surface area (Å²) in [5.74, 6) is -2.34. The molecular weight excluding hydrogens is 476 g/mol. The lowest BCUT2D eigenvalue weighted by Crippen LogP contribution is -2.57. The summed E-state index contributed by atoms with van der Waals surface area (Å²) in [5, 5.41) is 15.0. The Bertz CT molecular complexity index is 1060. The van der Waals surface area contributed by atoms with Crippen molar-refractivity contribution in [2.45, 2.75) is 70.1 Å². The second kappa shape index (κ2) is 13.0. The van der Waals surface area contributed by atoms with E-state index in [1.807, 2.05) is 44.2 Å². The lowest BCUT2D eigenvalue weighted by molar-refractivity contribution is -0.144. The zero-order chi connectivity index (χ0) is 26.9. The first-order valence-electron chi connectivity index (χ1n) is 12.6. The molecule has 4 unspecified atom stereocenters. The Labute approximate surface area is 216 Å². The fourth-order valence-electron chi connectivity index (χ4n) is 4.53. The van der Waals surface area contributed by atoms with Gasteiger partial charge in [-0.05, 0) is 30.7 Å². The van der Waals surface area contributed by atoms with Crippen molar-refractivity contribution in [3.63, 3.8) is 0 Å². The number of amides is 3. The van der Waals surface area contributed by atoms with Crippen LogP contribution in [0.15, 0.2) is 42.9 Å². The average Bonchev–Trinajstić information content (AvgIpc) is 3.55. The fraction of sp³-hybridized carbons (Fsp3) is 0.500. The van der Waals surface area contributed by atoms with E-state index in [1.54, 1.807) is 0 Å². The quantitative estimate of drug-likeness (QED) is 0.277. The van der Waals surface area contributed by atoms with Gasteiger partial charge >= 0.3 is 5.97 Å². The number of aromatic amines is 1. The Hall–Kier alpha value is -3.73. The minimum absolute atomic E-state index is 0.0299. The Kier molecular flexibility index (Phi) is 9.78. The van der Waals surface area contributed by atoms with E-state index in [4.69, 9.17) is 5.73 Å². The van der Waals surface area contributed by atoms with Gasteiger partial charge in [-0.15, -0.1) is 0 Å². The normalized spacial score (nSPS) is 17.7. The number of rotatable bonds is 12. The zero-order valence-corrected chi connectivity index (χ0v) is 21.2. The number of aliphatic carboxylic acids is 1. The van der Waals surface area contributed by atoms with Crippen LogP contribution in [0.2, 0.25) is 0 Å². The van der Waals surface area contributed by atoms with Gasteiger partial charge in [0.2, 0.25) is 17.7 Å². The van der Waals surface area contributed by atoms with Gasteiger partial charge in [-0.25, -0.2) is 9.78 Å². The molecule has 2 heterocycles. The number of aromatic nitrogens is 2. The maximum absolute atomic E-state index is 13.7. The molecule has 0 saturated carbocycles. The van der Waals surface area contributed by atoms with E-state index >= 15 is 0 Å². The molecule has 3 amide bonds. The number of hydrogen-bond acceptors (Lipinski definition) is 6. The average molecular weight is 513 g/mol. The third-order valence-corrected chi connectivity index (χ3v) is 6.39. The van der Waals surface area contributed by atoms with Crippen LogP contribution in [0, 0.1) is 5.92 Å². The zero-order valence-electron chi connectivity index (χ0n) is 21.2. The van der Waals surface area contributed by atoms with E-state index < -0.39 is 47.9 Å². The lowest BCUT2D eigenvalue weighted by atomic mass is 10.0. The van der Waals surface area contributed by atoms with E-state index in [0.29, 0.717) is 31.5 Å². The van der Waals surface area contributed by atoms with E-state index in [1.165, 1.54) is 17.4 Å². The molecule has 1 aromatic carbocycles. The molecule has 0 bridgehead atoms. The summed E-state index contributed by atoms with van der Waals surface area (Å²) in [5.41, 5.74) is 7.48. The predicted molar refractivity (Wildman–Crippen MR) is 136 cm³/mol. The van der Waals surface area contributed by atoms with Crippen molar-refractivity contribution in [2.24, 2.45) is 11.7 Å². The number of benzene rings is 1. The lowest BCUT2D eigenvalue weighted by Gasteiger charge is -2.30. The monoisotopic (exact) mass is 512 g/mol. The second-order valence-corrected chi connectivity index (χ2v) is 9.86. The summed E-state index contributed by atoms with van der Waals surface area (Å²) in [6, 6.07) is 5.59. The predicted octanol–water partition coefficient (Wildman–Crippen LogP) is 0.614. The summed E-state index contributed by atoms with van der Waals surface area (Å²) in [7, 11) is 0. The Morgan fingerprint density at radius 2 is 1.86 bits per heavy atom. The molecule has 11 heteroatoms. The molecular formula is C26H36N6O5. The highest BCUT2D eigenvalue weighted by atomic mass is 16.4. The smallest absolute Gasteiger partial charge is 0.326 e. The molecule has 0 aliphatic carbocycles. The molecule has 0 spiro atoms. The first-order valence-corrected chi connectivity index (χ1v) is 12.6. The third kappa shape index (κ3) is 7.88. The van der Waals surface area contributed by atoms with Crippen LogP contribution in [0.25, 0.3) is 0 Å². The number of carbonyl (C=O) groups excluding carboxylic acids is 3. The van der Waals surface area contributed by atoms with Gasteiger partial charge in [-0.3, -0.25) is 14.4 Å². The number of likely N-dealkylation sites (tertiary alicyclic amines) is 1. The molecule has 37 heavy (non-hydrogen) atoms. The first-order chi connectivity index (χ1) is 17.7. The number of carboxylic acids is 1. The van der Waals surface area contributed by atoms with Gasteiger partial charge in [0.25, 0.3) is 0 Å². The summed E-state index contributed by atoms with van der Waals surface area (Å²) in [6.07, 6.45) is 4.65. The molecule has 3 rings (SSSR count). The van der Waals surface area contributed by atoms with Crippen molar-refractivity contribution in [3.05, 3.63) is 54.1 Å². The van der Waals surface area contributed by atoms with Crippen LogP contribution in [-0.4, -0.2) is 74.4 Å². The SMILES string of the molecule is CC(C)CC(N)C(=O)NC(Cc1ccccc1)C(=O)N1CCCC1C(=O)NC(Cc1cnc[nH]1)C(=O)O. The van der Waals surface area contributed by atoms with E-state index in [2.05, 4.69) is 20.6 Å². The standard InChI is InChI=1S/C26H36N6O5/c1-16(2)11-19(27)23(33)30-20(12-17-7-4-3-5-8-17)25(35)32-10-6-9-22(32)24(34)31-21(26(36)37)13-18-14-28-15-29-18/h3-5,7-8,14-16,19-22H,6,9-13,27H2,1-2H3,(H,28,29)(H,30,33)(H,31,34)(H,36,37). The fourth-order valence-corrected chi connectivity index (χ4v) is 4.53. The van der Waals surface area contributed by atoms with Gasteiger partial charge in [0, 0.05) is 31.3 Å². The highest BCUT2D eigenvalue weighted by Gasteiger charge is 2.39. The minimum atomic E-state index is -1.19. The van der Waals surface area contributed by atoms with Crippen LogP contribution >= 0.6 is 0 Å². The molecule has 200 valence electrons. The van der Waals surface area contributed by atoms with Crippen LogP contribution < -0.4 is 16.4 Å². The van der Waals surface area contributed by atoms with Crippen LogP contribution in [-0.2, 0) is 32.0 Å². The van der Waals surface area contributed by atoms with Crippen molar-refractivity contribution in [2.75, 3.05) is 6.54 Å². The topological polar surface area (TPSA) is 171 Å². The molecule has 4 atom stereocenters. The summed E-state index contributed by atoms with van der Waals surface area (Å²) in [6.45, 7) is 4.25. The first kappa shape index (κ1) is 27.9. The van der Waals surface area contributed by atoms with Crippen LogP contribution in [0.1, 0.15) is 44.4 Å². The number of carboxylic acid groups (broad SMARTS) is 1. The van der Waals surface area contributed by atoms with Crippen LogP contribution in [0.4, 0.5) is 0 Å². The number of hydrogen-bond donors (Lipinski definition) is 5. The second-order valence-electron chi connectivity index (χ2n) is 9.86. The highest BCUT2D eigenvalue weighted by Crippen LogP contribution is 2.20. The minimum Gasteiger partial charge on any atom is -0.480 e. The van der Waals surface area contributed by atoms with Gasteiger partial charge in [0.15, 0.2) is 0 Å². The molecule has 1 aliphatic rings. The van der Waals surface area contributed by atoms with Crippen molar-refractivity contribution >= 4 is 23.7 Å². The largest absolute Gasteiger partial charge is 0.480 e.